The van der Waals surface area contributed by atoms with E-state index in [1.165, 1.54) is 17.7 Å². The van der Waals surface area contributed by atoms with Crippen LogP contribution < -0.4 is 27.4 Å². The highest BCUT2D eigenvalue weighted by Crippen LogP contribution is 2.30. The Balaban J connectivity index is 1.55. The van der Waals surface area contributed by atoms with E-state index in [4.69, 9.17) is 11.5 Å². The number of hydrogen-bond acceptors (Lipinski definition) is 7. The molecule has 2 aromatic rings. The summed E-state index contributed by atoms with van der Waals surface area (Å²) in [6.07, 6.45) is -0.690. The van der Waals surface area contributed by atoms with Crippen LogP contribution in [0.25, 0.3) is 5.57 Å². The summed E-state index contributed by atoms with van der Waals surface area (Å²) in [5.74, 6) is 0.735. The van der Waals surface area contributed by atoms with Crippen LogP contribution in [0.15, 0.2) is 84.4 Å². The number of aliphatic imine (C=N–C) groups is 1. The maximum atomic E-state index is 12.7. The minimum Gasteiger partial charge on any atom is -0.342 e. The topological polar surface area (TPSA) is 104 Å². The zero-order chi connectivity index (χ0) is 26.8. The highest BCUT2D eigenvalue weighted by atomic mass is 19.4. The number of nitrogens with two attached hydrogens (primary N) is 2. The number of benzene rings is 2. The van der Waals surface area contributed by atoms with E-state index in [2.05, 4.69) is 51.1 Å². The molecule has 7 N–H and O–H groups in total. The van der Waals surface area contributed by atoms with E-state index in [0.717, 1.165) is 55.7 Å². The largest absolute Gasteiger partial charge is 0.416 e. The van der Waals surface area contributed by atoms with Crippen LogP contribution in [0, 0.1) is 0 Å². The predicted molar refractivity (Wildman–Crippen MR) is 144 cm³/mol. The third-order valence-electron chi connectivity index (χ3n) is 5.72. The first-order chi connectivity index (χ1) is 17.7. The van der Waals surface area contributed by atoms with E-state index in [1.54, 1.807) is 6.20 Å². The molecule has 0 fully saturated rings. The van der Waals surface area contributed by atoms with Gasteiger partial charge in [-0.05, 0) is 74.4 Å². The first kappa shape index (κ1) is 28.0. The zero-order valence-electron chi connectivity index (χ0n) is 20.7. The summed E-state index contributed by atoms with van der Waals surface area (Å²) >= 11 is 0. The van der Waals surface area contributed by atoms with Crippen LogP contribution in [-0.4, -0.2) is 37.0 Å². The standard InChI is InChI=1S/C27H34F3N7/c1-19-25(22-7-5-21(6-8-22)18-37(15-3-13-31)16-4-14-32)17-33-26(34-19)36-20(2)35-24-11-9-23(10-12-24)27(28,29)30/h5-12,17,35H,1-4,13-16,18,31-32H2,(H2,33,34,36). The minimum absolute atomic E-state index is 0.342. The van der Waals surface area contributed by atoms with E-state index in [9.17, 15) is 13.2 Å². The van der Waals surface area contributed by atoms with Crippen LogP contribution in [-0.2, 0) is 12.7 Å². The van der Waals surface area contributed by atoms with Crippen molar-refractivity contribution in [1.29, 1.82) is 0 Å². The number of allylic oxidation sites excluding steroid dienone is 1. The Bertz CT molecular complexity index is 1110. The van der Waals surface area contributed by atoms with Gasteiger partial charge >= 0.3 is 6.18 Å². The van der Waals surface area contributed by atoms with Gasteiger partial charge in [-0.3, -0.25) is 4.90 Å². The molecule has 198 valence electrons. The molecule has 1 aliphatic rings. The smallest absolute Gasteiger partial charge is 0.342 e. The van der Waals surface area contributed by atoms with Gasteiger partial charge in [0.25, 0.3) is 0 Å². The van der Waals surface area contributed by atoms with Crippen LogP contribution in [0.3, 0.4) is 0 Å². The first-order valence-corrected chi connectivity index (χ1v) is 12.1. The molecule has 0 atom stereocenters. The highest BCUT2D eigenvalue weighted by molar-refractivity contribution is 5.92. The van der Waals surface area contributed by atoms with E-state index in [1.807, 2.05) is 12.1 Å². The molecule has 0 unspecified atom stereocenters. The molecule has 0 spiro atoms. The Morgan fingerprint density at radius 1 is 0.946 bits per heavy atom. The fraction of sp³-hybridized carbons (Fsp3) is 0.296. The molecule has 37 heavy (non-hydrogen) atoms. The minimum atomic E-state index is -4.38. The molecule has 0 saturated heterocycles. The molecule has 0 aliphatic carbocycles. The molecule has 1 aliphatic heterocycles. The van der Waals surface area contributed by atoms with E-state index in [-0.39, 0.29) is 0 Å². The molecule has 0 radical (unpaired) electrons. The molecule has 0 saturated carbocycles. The number of halogens is 3. The monoisotopic (exact) mass is 513 g/mol. The summed E-state index contributed by atoms with van der Waals surface area (Å²) in [5.41, 5.74) is 14.7. The Hall–Kier alpha value is -3.60. The fourth-order valence-corrected chi connectivity index (χ4v) is 3.80. The van der Waals surface area contributed by atoms with Crippen LogP contribution in [0.1, 0.15) is 29.5 Å². The quantitative estimate of drug-likeness (QED) is 0.292. The Morgan fingerprint density at radius 2 is 1.57 bits per heavy atom. The average Bonchev–Trinajstić information content (AvgIpc) is 2.86. The maximum Gasteiger partial charge on any atom is 0.416 e. The van der Waals surface area contributed by atoms with Crippen LogP contribution >= 0.6 is 0 Å². The van der Waals surface area contributed by atoms with Crippen molar-refractivity contribution in [1.82, 2.24) is 15.5 Å². The van der Waals surface area contributed by atoms with Gasteiger partial charge in [0.05, 0.1) is 11.3 Å². The number of nitrogens with zero attached hydrogens (tertiary/aromatic N) is 2. The third-order valence-corrected chi connectivity index (χ3v) is 5.72. The number of hydrogen-bond donors (Lipinski definition) is 5. The number of alkyl halides is 3. The lowest BCUT2D eigenvalue weighted by Gasteiger charge is -2.22. The second-order valence-corrected chi connectivity index (χ2v) is 8.67. The molecule has 0 aromatic heterocycles. The van der Waals surface area contributed by atoms with Crippen LogP contribution in [0.2, 0.25) is 0 Å². The summed E-state index contributed by atoms with van der Waals surface area (Å²) < 4.78 is 38.2. The number of nitrogens with one attached hydrogen (secondary N) is 3. The van der Waals surface area contributed by atoms with Crippen molar-refractivity contribution < 1.29 is 13.2 Å². The molecule has 3 rings (SSSR count). The Morgan fingerprint density at radius 3 is 2.11 bits per heavy atom. The predicted octanol–water partition coefficient (Wildman–Crippen LogP) is 4.19. The Kier molecular flexibility index (Phi) is 9.90. The van der Waals surface area contributed by atoms with Crippen molar-refractivity contribution >= 4 is 17.2 Å². The van der Waals surface area contributed by atoms with Crippen molar-refractivity contribution in [2.45, 2.75) is 25.6 Å². The van der Waals surface area contributed by atoms with E-state index in [0.29, 0.717) is 36.3 Å². The molecular formula is C27H34F3N7. The van der Waals surface area contributed by atoms with Gasteiger partial charge in [0, 0.05) is 24.0 Å². The first-order valence-electron chi connectivity index (χ1n) is 12.1. The second kappa shape index (κ2) is 13.1. The van der Waals surface area contributed by atoms with Crippen LogP contribution in [0.5, 0.6) is 0 Å². The number of guanidine groups is 1. The van der Waals surface area contributed by atoms with Gasteiger partial charge in [0.2, 0.25) is 5.96 Å². The molecule has 10 heteroatoms. The lowest BCUT2D eigenvalue weighted by atomic mass is 10.0. The van der Waals surface area contributed by atoms with E-state index < -0.39 is 11.7 Å². The molecular weight excluding hydrogens is 479 g/mol. The third kappa shape index (κ3) is 8.49. The molecule has 2 aromatic carbocycles. The van der Waals surface area contributed by atoms with Gasteiger partial charge in [-0.25, -0.2) is 4.99 Å². The summed E-state index contributed by atoms with van der Waals surface area (Å²) in [6, 6.07) is 12.9. The number of anilines is 1. The van der Waals surface area contributed by atoms with E-state index >= 15 is 0 Å². The normalized spacial score (nSPS) is 13.6. The lowest BCUT2D eigenvalue weighted by molar-refractivity contribution is -0.137. The van der Waals surface area contributed by atoms with Crippen molar-refractivity contribution in [3.8, 4) is 0 Å². The zero-order valence-corrected chi connectivity index (χ0v) is 20.7. The molecule has 1 heterocycles. The highest BCUT2D eigenvalue weighted by Gasteiger charge is 2.29. The van der Waals surface area contributed by atoms with Gasteiger partial charge < -0.3 is 27.4 Å². The summed E-state index contributed by atoms with van der Waals surface area (Å²) in [7, 11) is 0. The fourth-order valence-electron chi connectivity index (χ4n) is 3.80. The van der Waals surface area contributed by atoms with Crippen molar-refractivity contribution in [2.75, 3.05) is 31.5 Å². The van der Waals surface area contributed by atoms with Crippen LogP contribution in [0.4, 0.5) is 18.9 Å². The summed E-state index contributed by atoms with van der Waals surface area (Å²) in [4.78, 5) is 6.82. The lowest BCUT2D eigenvalue weighted by Crippen LogP contribution is -2.37. The molecule has 0 amide bonds. The van der Waals surface area contributed by atoms with Gasteiger partial charge in [-0.15, -0.1) is 0 Å². The van der Waals surface area contributed by atoms with Gasteiger partial charge in [-0.1, -0.05) is 37.4 Å². The molecule has 0 bridgehead atoms. The SMILES string of the molecule is C=C(NC1=NC(=C)C(c2ccc(CN(CCCN)CCCN)cc2)=CN1)Nc1ccc(C(F)(F)F)cc1. The number of rotatable bonds is 12. The maximum absolute atomic E-state index is 12.7. The molecule has 7 nitrogen and oxygen atoms in total. The van der Waals surface area contributed by atoms with Gasteiger partial charge in [0.1, 0.15) is 5.82 Å². The van der Waals surface area contributed by atoms with Crippen molar-refractivity contribution in [2.24, 2.45) is 16.5 Å². The Labute approximate surface area is 215 Å². The summed E-state index contributed by atoms with van der Waals surface area (Å²) in [6.45, 7) is 12.0. The van der Waals surface area contributed by atoms with Gasteiger partial charge in [0.15, 0.2) is 0 Å². The van der Waals surface area contributed by atoms with Crippen molar-refractivity contribution in [3.63, 3.8) is 0 Å². The second-order valence-electron chi connectivity index (χ2n) is 8.67. The summed E-state index contributed by atoms with van der Waals surface area (Å²) in [5, 5.41) is 8.94. The average molecular weight is 514 g/mol. The van der Waals surface area contributed by atoms with Gasteiger partial charge in [-0.2, -0.15) is 13.2 Å². The van der Waals surface area contributed by atoms with Crippen molar-refractivity contribution in [3.05, 3.63) is 96.1 Å².